The first kappa shape index (κ1) is 13.2. The molecule has 0 radical (unpaired) electrons. The third-order valence-corrected chi connectivity index (χ3v) is 4.14. The number of alkyl halides is 1. The van der Waals surface area contributed by atoms with E-state index in [4.69, 9.17) is 21.1 Å². The molecule has 1 atom stereocenters. The summed E-state index contributed by atoms with van der Waals surface area (Å²) in [4.78, 5) is 0.915. The number of thiophene rings is 1. The molecule has 1 aromatic heterocycles. The van der Waals surface area contributed by atoms with E-state index in [-0.39, 0.29) is 11.1 Å². The molecule has 0 saturated heterocycles. The number of hydrogen-bond donors (Lipinski definition) is 0. The van der Waals surface area contributed by atoms with E-state index in [0.29, 0.717) is 5.56 Å². The quantitative estimate of drug-likeness (QED) is 0.783. The lowest BCUT2D eigenvalue weighted by Gasteiger charge is -2.09. The minimum atomic E-state index is -0.413. The van der Waals surface area contributed by atoms with Crippen LogP contribution in [-0.2, 0) is 0 Å². The zero-order chi connectivity index (χ0) is 13.1. The number of ether oxygens (including phenoxy) is 2. The van der Waals surface area contributed by atoms with Crippen LogP contribution in [0, 0.1) is 5.82 Å². The molecule has 2 aromatic rings. The molecule has 1 unspecified atom stereocenters. The van der Waals surface area contributed by atoms with Gasteiger partial charge in [-0.1, -0.05) is 6.07 Å². The van der Waals surface area contributed by atoms with Gasteiger partial charge in [0, 0.05) is 10.3 Å². The van der Waals surface area contributed by atoms with E-state index in [1.165, 1.54) is 24.5 Å². The minimum absolute atomic E-state index is 0.214. The summed E-state index contributed by atoms with van der Waals surface area (Å²) in [6.07, 6.45) is 0. The van der Waals surface area contributed by atoms with Crippen molar-refractivity contribution in [2.24, 2.45) is 0 Å². The number of halogens is 2. The van der Waals surface area contributed by atoms with Crippen LogP contribution in [0.25, 0.3) is 0 Å². The van der Waals surface area contributed by atoms with Gasteiger partial charge in [-0.15, -0.1) is 22.9 Å². The summed E-state index contributed by atoms with van der Waals surface area (Å²) in [5.74, 6) is 0.560. The van der Waals surface area contributed by atoms with Crippen LogP contribution in [0.4, 0.5) is 4.39 Å². The molecule has 0 bridgehead atoms. The standard InChI is InChI=1S/C13H12ClFO2S/c1-16-9-6-12(18-7-9)13(14)8-3-4-11(17-2)10(15)5-8/h3-7,13H,1-2H3. The molecular weight excluding hydrogens is 275 g/mol. The van der Waals surface area contributed by atoms with Crippen molar-refractivity contribution in [3.05, 3.63) is 45.9 Å². The molecule has 0 amide bonds. The topological polar surface area (TPSA) is 18.5 Å². The van der Waals surface area contributed by atoms with Gasteiger partial charge < -0.3 is 9.47 Å². The van der Waals surface area contributed by atoms with Crippen LogP contribution in [0.2, 0.25) is 0 Å². The number of rotatable bonds is 4. The Balaban J connectivity index is 2.27. The second kappa shape index (κ2) is 5.59. The zero-order valence-electron chi connectivity index (χ0n) is 9.94. The Morgan fingerprint density at radius 3 is 2.56 bits per heavy atom. The van der Waals surface area contributed by atoms with Gasteiger partial charge in [0.2, 0.25) is 0 Å². The van der Waals surface area contributed by atoms with Crippen LogP contribution in [0.5, 0.6) is 11.5 Å². The lowest BCUT2D eigenvalue weighted by molar-refractivity contribution is 0.386. The molecule has 96 valence electrons. The molecule has 2 rings (SSSR count). The first-order valence-electron chi connectivity index (χ1n) is 5.25. The molecule has 2 nitrogen and oxygen atoms in total. The predicted molar refractivity (Wildman–Crippen MR) is 71.5 cm³/mol. The smallest absolute Gasteiger partial charge is 0.165 e. The maximum atomic E-state index is 13.6. The first-order chi connectivity index (χ1) is 8.65. The number of methoxy groups -OCH3 is 2. The largest absolute Gasteiger partial charge is 0.496 e. The van der Waals surface area contributed by atoms with Crippen molar-refractivity contribution in [2.45, 2.75) is 5.38 Å². The average Bonchev–Trinajstić information content (AvgIpc) is 2.86. The fourth-order valence-corrected chi connectivity index (χ4v) is 2.79. The first-order valence-corrected chi connectivity index (χ1v) is 6.57. The highest BCUT2D eigenvalue weighted by molar-refractivity contribution is 7.10. The summed E-state index contributed by atoms with van der Waals surface area (Å²) in [5, 5.41) is 1.48. The van der Waals surface area contributed by atoms with Gasteiger partial charge in [0.05, 0.1) is 19.6 Å². The van der Waals surface area contributed by atoms with Crippen LogP contribution >= 0.6 is 22.9 Å². The molecule has 0 fully saturated rings. The van der Waals surface area contributed by atoms with Gasteiger partial charge in [0.1, 0.15) is 5.75 Å². The van der Waals surface area contributed by atoms with Gasteiger partial charge in [-0.2, -0.15) is 0 Å². The van der Waals surface area contributed by atoms with E-state index in [2.05, 4.69) is 0 Å². The maximum Gasteiger partial charge on any atom is 0.165 e. The Kier molecular flexibility index (Phi) is 4.09. The van der Waals surface area contributed by atoms with Gasteiger partial charge in [0.25, 0.3) is 0 Å². The highest BCUT2D eigenvalue weighted by atomic mass is 35.5. The average molecular weight is 287 g/mol. The molecule has 18 heavy (non-hydrogen) atoms. The summed E-state index contributed by atoms with van der Waals surface area (Å²) in [6.45, 7) is 0. The van der Waals surface area contributed by atoms with E-state index in [9.17, 15) is 4.39 Å². The zero-order valence-corrected chi connectivity index (χ0v) is 11.5. The second-order valence-electron chi connectivity index (χ2n) is 3.65. The van der Waals surface area contributed by atoms with E-state index in [0.717, 1.165) is 10.6 Å². The lowest BCUT2D eigenvalue weighted by atomic mass is 10.1. The van der Waals surface area contributed by atoms with Crippen LogP contribution in [-0.4, -0.2) is 14.2 Å². The van der Waals surface area contributed by atoms with Crippen molar-refractivity contribution in [3.8, 4) is 11.5 Å². The van der Waals surface area contributed by atoms with Gasteiger partial charge in [-0.05, 0) is 23.8 Å². The van der Waals surface area contributed by atoms with E-state index in [1.54, 1.807) is 19.2 Å². The van der Waals surface area contributed by atoms with Crippen molar-refractivity contribution in [2.75, 3.05) is 14.2 Å². The van der Waals surface area contributed by atoms with Crippen LogP contribution in [0.3, 0.4) is 0 Å². The fraction of sp³-hybridized carbons (Fsp3) is 0.231. The van der Waals surface area contributed by atoms with Gasteiger partial charge in [-0.25, -0.2) is 4.39 Å². The highest BCUT2D eigenvalue weighted by Gasteiger charge is 2.15. The fourth-order valence-electron chi connectivity index (χ4n) is 1.58. The van der Waals surface area contributed by atoms with Crippen LogP contribution < -0.4 is 9.47 Å². The molecule has 5 heteroatoms. The van der Waals surface area contributed by atoms with Gasteiger partial charge >= 0.3 is 0 Å². The third kappa shape index (κ3) is 2.60. The van der Waals surface area contributed by atoms with Crippen molar-refractivity contribution < 1.29 is 13.9 Å². The van der Waals surface area contributed by atoms with Crippen molar-refractivity contribution in [3.63, 3.8) is 0 Å². The third-order valence-electron chi connectivity index (χ3n) is 2.55. The van der Waals surface area contributed by atoms with Gasteiger partial charge in [-0.3, -0.25) is 0 Å². The molecule has 0 aliphatic heterocycles. The molecular formula is C13H12ClFO2S. The van der Waals surface area contributed by atoms with Crippen LogP contribution in [0.1, 0.15) is 15.8 Å². The predicted octanol–water partition coefficient (Wildman–Crippen LogP) is 4.23. The van der Waals surface area contributed by atoms with Gasteiger partial charge in [0.15, 0.2) is 11.6 Å². The number of hydrogen-bond acceptors (Lipinski definition) is 3. The molecule has 0 saturated carbocycles. The molecule has 1 heterocycles. The molecule has 1 aromatic carbocycles. The summed E-state index contributed by atoms with van der Waals surface area (Å²) >= 11 is 7.80. The molecule has 0 spiro atoms. The number of benzene rings is 1. The maximum absolute atomic E-state index is 13.6. The molecule has 0 aliphatic rings. The lowest BCUT2D eigenvalue weighted by Crippen LogP contribution is -1.94. The Bertz CT molecular complexity index is 542. The summed E-state index contributed by atoms with van der Waals surface area (Å²) < 4.78 is 23.6. The summed E-state index contributed by atoms with van der Waals surface area (Å²) in [7, 11) is 3.03. The highest BCUT2D eigenvalue weighted by Crippen LogP contribution is 2.36. The molecule has 0 N–H and O–H groups in total. The molecule has 0 aliphatic carbocycles. The van der Waals surface area contributed by atoms with Crippen LogP contribution in [0.15, 0.2) is 29.6 Å². The van der Waals surface area contributed by atoms with E-state index < -0.39 is 5.82 Å². The minimum Gasteiger partial charge on any atom is -0.496 e. The van der Waals surface area contributed by atoms with E-state index >= 15 is 0 Å². The van der Waals surface area contributed by atoms with E-state index in [1.807, 2.05) is 11.4 Å². The Morgan fingerprint density at radius 1 is 1.22 bits per heavy atom. The summed E-state index contributed by atoms with van der Waals surface area (Å²) in [6, 6.07) is 6.57. The summed E-state index contributed by atoms with van der Waals surface area (Å²) in [5.41, 5.74) is 0.694. The van der Waals surface area contributed by atoms with Crippen molar-refractivity contribution >= 4 is 22.9 Å². The van der Waals surface area contributed by atoms with Crippen molar-refractivity contribution in [1.82, 2.24) is 0 Å². The second-order valence-corrected chi connectivity index (χ2v) is 5.02. The Morgan fingerprint density at radius 2 is 2.00 bits per heavy atom. The SMILES string of the molecule is COc1csc(C(Cl)c2ccc(OC)c(F)c2)c1. The van der Waals surface area contributed by atoms with Crippen molar-refractivity contribution in [1.29, 1.82) is 0 Å². The Hall–Kier alpha value is -1.26. The Labute approximate surface area is 114 Å². The monoisotopic (exact) mass is 286 g/mol. The normalized spacial score (nSPS) is 12.2.